The van der Waals surface area contributed by atoms with Gasteiger partial charge in [-0.3, -0.25) is 0 Å². The molecule has 2 unspecified atom stereocenters. The van der Waals surface area contributed by atoms with Gasteiger partial charge in [0.1, 0.15) is 10.7 Å². The van der Waals surface area contributed by atoms with Crippen molar-refractivity contribution in [3.63, 3.8) is 0 Å². The topological polar surface area (TPSA) is 72.2 Å². The zero-order valence-corrected chi connectivity index (χ0v) is 12.9. The van der Waals surface area contributed by atoms with Crippen molar-refractivity contribution in [1.29, 1.82) is 0 Å². The number of benzene rings is 1. The molecule has 7 heteroatoms. The number of sulfonamides is 1. The Kier molecular flexibility index (Phi) is 4.93. The van der Waals surface area contributed by atoms with Gasteiger partial charge in [-0.25, -0.2) is 17.5 Å². The lowest BCUT2D eigenvalue weighted by molar-refractivity contribution is 0.539. The lowest BCUT2D eigenvalue weighted by Gasteiger charge is -2.20. The summed E-state index contributed by atoms with van der Waals surface area (Å²) in [5, 5.41) is 0.263. The summed E-state index contributed by atoms with van der Waals surface area (Å²) in [4.78, 5) is -0.371. The summed E-state index contributed by atoms with van der Waals surface area (Å²) in [6, 6.07) is 3.45. The van der Waals surface area contributed by atoms with Gasteiger partial charge in [-0.1, -0.05) is 13.3 Å². The zero-order valence-electron chi connectivity index (χ0n) is 11.3. The van der Waals surface area contributed by atoms with E-state index in [-0.39, 0.29) is 21.9 Å². The molecule has 0 radical (unpaired) electrons. The Morgan fingerprint density at radius 2 is 2.20 bits per heavy atom. The van der Waals surface area contributed by atoms with Crippen molar-refractivity contribution in [2.24, 2.45) is 0 Å². The van der Waals surface area contributed by atoms with E-state index >= 15 is 0 Å². The molecule has 1 aliphatic rings. The summed E-state index contributed by atoms with van der Waals surface area (Å²) in [7, 11) is -3.87. The standard InChI is InChI=1S/C13H19FN2O2S2/c1-2-19-12-5-3-4-11(12)16-20(17,18)13-8-9(15)6-7-10(13)14/h6-8,11-12,16H,2-5,15H2,1H3. The Balaban J connectivity index is 2.20. The number of nitrogens with one attached hydrogen (secondary N) is 1. The SMILES string of the molecule is CCSC1CCCC1NS(=O)(=O)c1cc(N)ccc1F. The highest BCUT2D eigenvalue weighted by atomic mass is 32.2. The molecule has 1 saturated carbocycles. The maximum absolute atomic E-state index is 13.7. The van der Waals surface area contributed by atoms with E-state index in [1.54, 1.807) is 11.8 Å². The zero-order chi connectivity index (χ0) is 14.8. The molecule has 0 bridgehead atoms. The van der Waals surface area contributed by atoms with E-state index < -0.39 is 15.8 Å². The lowest BCUT2D eigenvalue weighted by atomic mass is 10.3. The number of nitrogen functional groups attached to an aromatic ring is 1. The Morgan fingerprint density at radius 3 is 2.90 bits per heavy atom. The number of anilines is 1. The van der Waals surface area contributed by atoms with Crippen LogP contribution in [0.4, 0.5) is 10.1 Å². The Hall–Kier alpha value is -0.790. The minimum Gasteiger partial charge on any atom is -0.399 e. The molecule has 3 N–H and O–H groups in total. The first-order valence-corrected chi connectivity index (χ1v) is 9.16. The van der Waals surface area contributed by atoms with Crippen LogP contribution in [-0.2, 0) is 10.0 Å². The largest absolute Gasteiger partial charge is 0.399 e. The lowest BCUT2D eigenvalue weighted by Crippen LogP contribution is -2.39. The molecule has 1 aromatic rings. The van der Waals surface area contributed by atoms with Crippen molar-refractivity contribution in [3.05, 3.63) is 24.0 Å². The van der Waals surface area contributed by atoms with Crippen LogP contribution >= 0.6 is 11.8 Å². The van der Waals surface area contributed by atoms with Crippen LogP contribution in [0.1, 0.15) is 26.2 Å². The maximum Gasteiger partial charge on any atom is 0.243 e. The van der Waals surface area contributed by atoms with Gasteiger partial charge in [0.2, 0.25) is 10.0 Å². The van der Waals surface area contributed by atoms with Crippen LogP contribution in [0.5, 0.6) is 0 Å². The molecule has 0 saturated heterocycles. The van der Waals surface area contributed by atoms with Crippen molar-refractivity contribution in [2.45, 2.75) is 42.4 Å². The van der Waals surface area contributed by atoms with Gasteiger partial charge in [0, 0.05) is 17.0 Å². The summed E-state index contributed by atoms with van der Waals surface area (Å²) < 4.78 is 40.9. The van der Waals surface area contributed by atoms with Gasteiger partial charge in [-0.2, -0.15) is 11.8 Å². The summed E-state index contributed by atoms with van der Waals surface area (Å²) >= 11 is 1.74. The van der Waals surface area contributed by atoms with Crippen LogP contribution in [0.15, 0.2) is 23.1 Å². The number of hydrogen-bond donors (Lipinski definition) is 2. The van der Waals surface area contributed by atoms with Crippen molar-refractivity contribution in [2.75, 3.05) is 11.5 Å². The number of rotatable bonds is 5. The predicted octanol–water partition coefficient (Wildman–Crippen LogP) is 2.36. The monoisotopic (exact) mass is 318 g/mol. The Morgan fingerprint density at radius 1 is 1.45 bits per heavy atom. The van der Waals surface area contributed by atoms with E-state index in [1.165, 1.54) is 6.07 Å². The molecule has 1 aliphatic carbocycles. The molecular weight excluding hydrogens is 299 g/mol. The highest BCUT2D eigenvalue weighted by molar-refractivity contribution is 8.00. The second-order valence-electron chi connectivity index (χ2n) is 4.84. The van der Waals surface area contributed by atoms with Crippen LogP contribution in [0.3, 0.4) is 0 Å². The molecule has 2 atom stereocenters. The molecule has 0 spiro atoms. The van der Waals surface area contributed by atoms with E-state index in [4.69, 9.17) is 5.73 Å². The van der Waals surface area contributed by atoms with Crippen LogP contribution in [0.2, 0.25) is 0 Å². The molecule has 1 fully saturated rings. The number of nitrogens with two attached hydrogens (primary N) is 1. The van der Waals surface area contributed by atoms with Crippen LogP contribution in [-0.4, -0.2) is 25.5 Å². The third-order valence-electron chi connectivity index (χ3n) is 3.38. The van der Waals surface area contributed by atoms with E-state index in [0.29, 0.717) is 0 Å². The van der Waals surface area contributed by atoms with Gasteiger partial charge in [-0.05, 0) is 36.8 Å². The number of thioether (sulfide) groups is 1. The minimum atomic E-state index is -3.87. The highest BCUT2D eigenvalue weighted by Gasteiger charge is 2.32. The summed E-state index contributed by atoms with van der Waals surface area (Å²) in [6.07, 6.45) is 2.77. The van der Waals surface area contributed by atoms with Gasteiger partial charge in [0.25, 0.3) is 0 Å². The molecule has 0 aliphatic heterocycles. The summed E-state index contributed by atoms with van der Waals surface area (Å²) in [5.41, 5.74) is 5.78. The molecule has 2 rings (SSSR count). The third kappa shape index (κ3) is 3.45. The Labute approximate surface area is 123 Å². The average Bonchev–Trinajstić information content (AvgIpc) is 2.79. The van der Waals surface area contributed by atoms with Gasteiger partial charge < -0.3 is 5.73 Å². The normalized spacial score (nSPS) is 23.1. The predicted molar refractivity (Wildman–Crippen MR) is 80.7 cm³/mol. The molecule has 1 aromatic carbocycles. The Bertz CT molecular complexity index is 578. The molecule has 4 nitrogen and oxygen atoms in total. The van der Waals surface area contributed by atoms with Crippen molar-refractivity contribution >= 4 is 27.5 Å². The average molecular weight is 318 g/mol. The smallest absolute Gasteiger partial charge is 0.243 e. The second kappa shape index (κ2) is 6.32. The summed E-state index contributed by atoms with van der Waals surface area (Å²) in [6.45, 7) is 2.05. The quantitative estimate of drug-likeness (QED) is 0.818. The molecule has 20 heavy (non-hydrogen) atoms. The van der Waals surface area contributed by atoms with Gasteiger partial charge in [0.05, 0.1) is 0 Å². The number of hydrogen-bond acceptors (Lipinski definition) is 4. The van der Waals surface area contributed by atoms with E-state index in [9.17, 15) is 12.8 Å². The van der Waals surface area contributed by atoms with E-state index in [1.807, 2.05) is 6.92 Å². The first-order chi connectivity index (χ1) is 9.44. The van der Waals surface area contributed by atoms with Crippen LogP contribution in [0, 0.1) is 5.82 Å². The minimum absolute atomic E-state index is 0.134. The first kappa shape index (κ1) is 15.6. The van der Waals surface area contributed by atoms with Gasteiger partial charge >= 0.3 is 0 Å². The fourth-order valence-electron chi connectivity index (χ4n) is 2.46. The van der Waals surface area contributed by atoms with E-state index in [2.05, 4.69) is 4.72 Å². The fourth-order valence-corrected chi connectivity index (χ4v) is 5.17. The molecular formula is C13H19FN2O2S2. The van der Waals surface area contributed by atoms with E-state index in [0.717, 1.165) is 37.1 Å². The molecule has 0 heterocycles. The maximum atomic E-state index is 13.7. The van der Waals surface area contributed by atoms with Crippen molar-refractivity contribution in [1.82, 2.24) is 4.72 Å². The van der Waals surface area contributed by atoms with Crippen molar-refractivity contribution in [3.8, 4) is 0 Å². The first-order valence-electron chi connectivity index (χ1n) is 6.63. The molecule has 0 aromatic heterocycles. The van der Waals surface area contributed by atoms with Crippen LogP contribution in [0.25, 0.3) is 0 Å². The highest BCUT2D eigenvalue weighted by Crippen LogP contribution is 2.31. The van der Waals surface area contributed by atoms with Crippen molar-refractivity contribution < 1.29 is 12.8 Å². The molecule has 0 amide bonds. The fraction of sp³-hybridized carbons (Fsp3) is 0.538. The number of halogens is 1. The van der Waals surface area contributed by atoms with Gasteiger partial charge in [-0.15, -0.1) is 0 Å². The third-order valence-corrected chi connectivity index (χ3v) is 6.22. The second-order valence-corrected chi connectivity index (χ2v) is 8.04. The molecule has 112 valence electrons. The van der Waals surface area contributed by atoms with Gasteiger partial charge in [0.15, 0.2) is 0 Å². The summed E-state index contributed by atoms with van der Waals surface area (Å²) in [5.74, 6) is 0.166. The van der Waals surface area contributed by atoms with Crippen LogP contribution < -0.4 is 10.5 Å².